The molecule has 218 valence electrons. The molecule has 0 unspecified atom stereocenters. The van der Waals surface area contributed by atoms with Gasteiger partial charge in [0.2, 0.25) is 5.91 Å². The Balaban J connectivity index is 2.23. The van der Waals surface area contributed by atoms with E-state index in [2.05, 4.69) is 5.32 Å². The number of hydrogen-bond donors (Lipinski definition) is 2. The predicted molar refractivity (Wildman–Crippen MR) is 155 cm³/mol. The third-order valence-electron chi connectivity index (χ3n) is 5.80. The van der Waals surface area contributed by atoms with Crippen LogP contribution in [0, 0.1) is 26.2 Å². The first-order chi connectivity index (χ1) is 18.5. The van der Waals surface area contributed by atoms with Crippen molar-refractivity contribution in [2.45, 2.75) is 80.1 Å². The number of aryl methyl sites for hydroxylation is 3. The van der Waals surface area contributed by atoms with Crippen LogP contribution in [0.15, 0.2) is 36.4 Å². The summed E-state index contributed by atoms with van der Waals surface area (Å²) in [4.78, 5) is 39.6. The van der Waals surface area contributed by atoms with E-state index in [1.807, 2.05) is 45.0 Å². The number of ether oxygens (including phenoxy) is 3. The second-order valence-electron chi connectivity index (χ2n) is 11.4. The van der Waals surface area contributed by atoms with Gasteiger partial charge in [0, 0.05) is 12.1 Å². The second kappa shape index (κ2) is 13.6. The van der Waals surface area contributed by atoms with Gasteiger partial charge >= 0.3 is 11.9 Å². The molecule has 2 aromatic rings. The minimum atomic E-state index is -1.17. The molecule has 0 fully saturated rings. The quantitative estimate of drug-likeness (QED) is 0.237. The highest BCUT2D eigenvalue weighted by atomic mass is 16.6. The number of nitrogens with one attached hydrogen (secondary N) is 2. The lowest BCUT2D eigenvalue weighted by molar-refractivity contribution is -0.159. The zero-order valence-corrected chi connectivity index (χ0v) is 25.2. The summed E-state index contributed by atoms with van der Waals surface area (Å²) in [7, 11) is 0. The average molecular weight is 554 g/mol. The summed E-state index contributed by atoms with van der Waals surface area (Å²) in [5.74, 6) is -0.773. The van der Waals surface area contributed by atoms with Crippen LogP contribution in [0.1, 0.15) is 69.4 Å². The lowest BCUT2D eigenvalue weighted by Crippen LogP contribution is -2.43. The summed E-state index contributed by atoms with van der Waals surface area (Å²) in [5, 5.41) is 10.9. The molecule has 0 radical (unpaired) electrons. The van der Waals surface area contributed by atoms with Crippen molar-refractivity contribution in [2.75, 3.05) is 19.7 Å². The minimum absolute atomic E-state index is 0.0142. The first-order valence-corrected chi connectivity index (χ1v) is 13.4. The largest absolute Gasteiger partial charge is 0.476 e. The van der Waals surface area contributed by atoms with Crippen LogP contribution in [0.3, 0.4) is 0 Å². The first-order valence-electron chi connectivity index (χ1n) is 13.4. The van der Waals surface area contributed by atoms with Crippen LogP contribution in [0.4, 0.5) is 0 Å². The standard InChI is InChI=1S/C31H43N3O6/c1-10-38-29(37)31(8,9)40-27-21(3)15-23(16-22(27)4)17-34(19-26(36)39-30(5,6)7)18-25(35)33-28(32)24-13-11-20(2)12-14-24/h11-16H,10,17-19H2,1-9H3,(H2,32,33,35). The lowest BCUT2D eigenvalue weighted by atomic mass is 10.0. The highest BCUT2D eigenvalue weighted by Crippen LogP contribution is 2.29. The van der Waals surface area contributed by atoms with Crippen molar-refractivity contribution in [2.24, 2.45) is 0 Å². The highest BCUT2D eigenvalue weighted by molar-refractivity contribution is 6.06. The molecule has 0 heterocycles. The van der Waals surface area contributed by atoms with Crippen LogP contribution in [-0.4, -0.2) is 59.5 Å². The van der Waals surface area contributed by atoms with Crippen LogP contribution >= 0.6 is 0 Å². The Morgan fingerprint density at radius 2 is 1.50 bits per heavy atom. The molecule has 1 amide bonds. The van der Waals surface area contributed by atoms with Crippen molar-refractivity contribution in [1.82, 2.24) is 10.2 Å². The van der Waals surface area contributed by atoms with E-state index in [9.17, 15) is 14.4 Å². The molecule has 0 saturated carbocycles. The summed E-state index contributed by atoms with van der Waals surface area (Å²) in [6.45, 7) is 16.4. The molecular weight excluding hydrogens is 510 g/mol. The number of hydrogen-bond acceptors (Lipinski definition) is 8. The van der Waals surface area contributed by atoms with Gasteiger partial charge in [-0.15, -0.1) is 0 Å². The number of amides is 1. The van der Waals surface area contributed by atoms with Crippen molar-refractivity contribution >= 4 is 23.7 Å². The Hall–Kier alpha value is -3.72. The molecule has 0 aromatic heterocycles. The minimum Gasteiger partial charge on any atom is -0.476 e. The molecule has 0 aliphatic rings. The van der Waals surface area contributed by atoms with Crippen LogP contribution in [-0.2, 0) is 30.4 Å². The summed E-state index contributed by atoms with van der Waals surface area (Å²) in [6, 6.07) is 11.1. The molecule has 2 N–H and O–H groups in total. The maximum Gasteiger partial charge on any atom is 0.349 e. The van der Waals surface area contributed by atoms with E-state index in [1.165, 1.54) is 0 Å². The average Bonchev–Trinajstić information content (AvgIpc) is 2.80. The van der Waals surface area contributed by atoms with Gasteiger partial charge in [0.05, 0.1) is 19.7 Å². The van der Waals surface area contributed by atoms with Crippen molar-refractivity contribution in [3.63, 3.8) is 0 Å². The van der Waals surface area contributed by atoms with Gasteiger partial charge in [0.1, 0.15) is 17.2 Å². The molecule has 0 spiro atoms. The third-order valence-corrected chi connectivity index (χ3v) is 5.80. The Labute approximate surface area is 237 Å². The van der Waals surface area contributed by atoms with E-state index >= 15 is 0 Å². The summed E-state index contributed by atoms with van der Waals surface area (Å²) >= 11 is 0. The lowest BCUT2D eigenvalue weighted by Gasteiger charge is -2.27. The van der Waals surface area contributed by atoms with E-state index in [4.69, 9.17) is 19.6 Å². The topological polar surface area (TPSA) is 118 Å². The second-order valence-corrected chi connectivity index (χ2v) is 11.4. The molecule has 0 saturated heterocycles. The van der Waals surface area contributed by atoms with Crippen LogP contribution < -0.4 is 10.1 Å². The van der Waals surface area contributed by atoms with E-state index < -0.39 is 29.0 Å². The fourth-order valence-corrected chi connectivity index (χ4v) is 4.05. The fourth-order valence-electron chi connectivity index (χ4n) is 4.05. The van der Waals surface area contributed by atoms with E-state index in [0.29, 0.717) is 11.3 Å². The Bertz CT molecular complexity index is 1210. The molecular formula is C31H43N3O6. The zero-order valence-electron chi connectivity index (χ0n) is 25.2. The van der Waals surface area contributed by atoms with Crippen LogP contribution in [0.25, 0.3) is 0 Å². The predicted octanol–water partition coefficient (Wildman–Crippen LogP) is 4.62. The third kappa shape index (κ3) is 10.1. The Morgan fingerprint density at radius 1 is 0.925 bits per heavy atom. The Morgan fingerprint density at radius 3 is 2.02 bits per heavy atom. The molecule has 0 atom stereocenters. The first kappa shape index (κ1) is 32.5. The smallest absolute Gasteiger partial charge is 0.349 e. The van der Waals surface area contributed by atoms with E-state index in [1.54, 1.807) is 58.6 Å². The number of esters is 2. The number of nitrogens with zero attached hydrogens (tertiary/aromatic N) is 1. The van der Waals surface area contributed by atoms with Crippen molar-refractivity contribution in [3.05, 3.63) is 64.2 Å². The number of amidine groups is 1. The number of carbonyl (C=O) groups is 3. The van der Waals surface area contributed by atoms with Gasteiger partial charge in [-0.3, -0.25) is 19.9 Å². The SMILES string of the molecule is CCOC(=O)C(C)(C)Oc1c(C)cc(CN(CC(=O)NC(=N)c2ccc(C)cc2)CC(=O)OC(C)(C)C)cc1C. The van der Waals surface area contributed by atoms with Crippen molar-refractivity contribution in [3.8, 4) is 5.75 Å². The maximum absolute atomic E-state index is 12.9. The van der Waals surface area contributed by atoms with Crippen molar-refractivity contribution < 1.29 is 28.6 Å². The summed E-state index contributed by atoms with van der Waals surface area (Å²) < 4.78 is 16.7. The van der Waals surface area contributed by atoms with E-state index in [0.717, 1.165) is 22.3 Å². The van der Waals surface area contributed by atoms with Gasteiger partial charge in [-0.05, 0) is 79.0 Å². The van der Waals surface area contributed by atoms with Gasteiger partial charge in [-0.25, -0.2) is 4.79 Å². The monoisotopic (exact) mass is 553 g/mol. The molecule has 0 aliphatic heterocycles. The number of rotatable bonds is 11. The Kier molecular flexibility index (Phi) is 11.0. The number of benzene rings is 2. The zero-order chi connectivity index (χ0) is 30.3. The van der Waals surface area contributed by atoms with E-state index in [-0.39, 0.29) is 32.1 Å². The van der Waals surface area contributed by atoms with Gasteiger partial charge in [0.15, 0.2) is 5.60 Å². The van der Waals surface area contributed by atoms with Crippen molar-refractivity contribution in [1.29, 1.82) is 5.41 Å². The van der Waals surface area contributed by atoms with Gasteiger partial charge in [-0.1, -0.05) is 42.0 Å². The maximum atomic E-state index is 12.9. The molecule has 9 nitrogen and oxygen atoms in total. The van der Waals surface area contributed by atoms with Gasteiger partial charge < -0.3 is 19.5 Å². The fraction of sp³-hybridized carbons (Fsp3) is 0.484. The highest BCUT2D eigenvalue weighted by Gasteiger charge is 2.32. The molecule has 0 bridgehead atoms. The molecule has 0 aliphatic carbocycles. The molecule has 40 heavy (non-hydrogen) atoms. The summed E-state index contributed by atoms with van der Waals surface area (Å²) in [6.07, 6.45) is 0. The van der Waals surface area contributed by atoms with Crippen LogP contribution in [0.2, 0.25) is 0 Å². The molecule has 9 heteroatoms. The normalized spacial score (nSPS) is 11.7. The van der Waals surface area contributed by atoms with Gasteiger partial charge in [0.25, 0.3) is 0 Å². The number of carbonyl (C=O) groups excluding carboxylic acids is 3. The van der Waals surface area contributed by atoms with Crippen LogP contribution in [0.5, 0.6) is 5.75 Å². The molecule has 2 aromatic carbocycles. The van der Waals surface area contributed by atoms with Gasteiger partial charge in [-0.2, -0.15) is 0 Å². The summed E-state index contributed by atoms with van der Waals surface area (Å²) in [5.41, 5.74) is 2.25. The molecule has 2 rings (SSSR count).